The Kier molecular flexibility index (Phi) is 74.3. The second-order valence-corrected chi connectivity index (χ2v) is 19.6. The highest BCUT2D eigenvalue weighted by molar-refractivity contribution is 5.72. The number of benzene rings is 1. The fraction of sp³-hybridized carbons (Fsp3) is 0.679. The smallest absolute Gasteiger partial charge is 0.373 e. The van der Waals surface area contributed by atoms with E-state index < -0.39 is 83.6 Å². The zero-order chi connectivity index (χ0) is 67.8. The average molecular weight is 1190 g/mol. The molecule has 1 aromatic carbocycles. The number of aliphatic hydroxyl groups is 2. The Labute approximate surface area is 483 Å². The molecule has 9 atom stereocenters. The average Bonchev–Trinajstić information content (AvgIpc) is 3.38. The zero-order valence-corrected chi connectivity index (χ0v) is 51.4. The first kappa shape index (κ1) is 96.9. The Morgan fingerprint density at radius 2 is 0.805 bits per heavy atom. The highest BCUT2D eigenvalue weighted by Crippen LogP contribution is 2.14. The molecule has 26 nitrogen and oxygen atoms in total. The molecule has 480 valence electrons. The SMILES string of the molecule is CC(C)C(=O)O.CC(C)C(=O)O.CC(C)C(C)C(=O)O.CC(C)CC(C)C(=O)O.CC(CNC=O)C(=O)O.CC(CO)C(=O)O.CC(Cc1ccccc1)C(=O)O.CC(O)C(C)C(=O)O.CCC(=O)O.CCC(C)C(C)C(=O)O.O=C=O. The quantitative estimate of drug-likeness (QED) is 0.0502. The van der Waals surface area contributed by atoms with Crippen LogP contribution in [-0.2, 0) is 68.7 Å². The van der Waals surface area contributed by atoms with E-state index in [2.05, 4.69) is 5.32 Å². The van der Waals surface area contributed by atoms with Crippen molar-refractivity contribution in [2.24, 2.45) is 71.0 Å². The van der Waals surface area contributed by atoms with Crippen LogP contribution >= 0.6 is 0 Å². The summed E-state index contributed by atoms with van der Waals surface area (Å²) in [5, 5.41) is 101. The van der Waals surface area contributed by atoms with Gasteiger partial charge in [-0.15, -0.1) is 0 Å². The molecule has 0 aromatic heterocycles. The second kappa shape index (κ2) is 62.9. The molecule has 82 heavy (non-hydrogen) atoms. The van der Waals surface area contributed by atoms with Gasteiger partial charge < -0.3 is 66.6 Å². The number of carbonyl (C=O) groups is 11. The molecular formula is C56H101NO25. The standard InChI is InChI=1S/C10H12O2.2C7H14O2.C6H12O2.C5H9NO3.C5H10O3.C4H8O3.2C4H8O2.C3H6O2.CO2/c1-8(10(11)12)7-9-5-3-2-4-6-9;1-5(2)4-6(3)7(8)9;1-4-5(2)6(3)7(8)9;1-4(2)5(3)6(7)8;1-4(5(8)9)2-6-3-7;1-3(4(2)6)5(7)8;1-3(2-5)4(6)7;2*1-3(2)4(5)6;1-2-3(4)5;2-1-3/h2-6,8H,7H2,1H3,(H,11,12);2*5-6H,4H2,1-3H3,(H,8,9);4-5H,1-3H3,(H,7,8);3-4H,2H2,1H3,(H,6,7)(H,8,9);3-4,6H,1-2H3,(H,7,8);3,5H,2H2,1H3,(H,6,7);2*3H,1-2H3,(H,5,6);2H2,1H3,(H,4,5);. The lowest BCUT2D eigenvalue weighted by Crippen LogP contribution is -2.24. The largest absolute Gasteiger partial charge is 0.481 e. The number of hydrogen-bond donors (Lipinski definition) is 13. The molecule has 0 radical (unpaired) electrons. The first-order valence-corrected chi connectivity index (χ1v) is 26.0. The third-order valence-corrected chi connectivity index (χ3v) is 10.4. The van der Waals surface area contributed by atoms with Crippen LogP contribution < -0.4 is 5.32 Å². The van der Waals surface area contributed by atoms with Crippen molar-refractivity contribution >= 4 is 72.3 Å². The molecule has 0 aliphatic rings. The van der Waals surface area contributed by atoms with Gasteiger partial charge in [-0.05, 0) is 56.9 Å². The number of amides is 1. The number of aliphatic carboxylic acids is 10. The fourth-order valence-corrected chi connectivity index (χ4v) is 3.34. The number of carbonyl (C=O) groups excluding carboxylic acids is 3. The molecule has 0 saturated carbocycles. The molecule has 1 amide bonds. The second-order valence-electron chi connectivity index (χ2n) is 19.6. The highest BCUT2D eigenvalue weighted by Gasteiger charge is 2.18. The van der Waals surface area contributed by atoms with Gasteiger partial charge in [0, 0.05) is 13.0 Å². The Hall–Kier alpha value is -7.31. The molecule has 0 aliphatic carbocycles. The van der Waals surface area contributed by atoms with Gasteiger partial charge in [-0.1, -0.05) is 148 Å². The van der Waals surface area contributed by atoms with Crippen molar-refractivity contribution in [2.75, 3.05) is 13.2 Å². The molecule has 1 rings (SSSR count). The van der Waals surface area contributed by atoms with Gasteiger partial charge in [0.25, 0.3) is 0 Å². The van der Waals surface area contributed by atoms with Crippen LogP contribution in [0.3, 0.4) is 0 Å². The van der Waals surface area contributed by atoms with Crippen molar-refractivity contribution in [1.82, 2.24) is 5.32 Å². The summed E-state index contributed by atoms with van der Waals surface area (Å²) in [6.07, 6.45) is 2.52. The maximum atomic E-state index is 10.5. The predicted octanol–water partition coefficient (Wildman–Crippen LogP) is 7.41. The van der Waals surface area contributed by atoms with Crippen molar-refractivity contribution in [1.29, 1.82) is 0 Å². The van der Waals surface area contributed by atoms with Gasteiger partial charge in [-0.25, -0.2) is 0 Å². The van der Waals surface area contributed by atoms with E-state index in [9.17, 15) is 52.7 Å². The third-order valence-electron chi connectivity index (χ3n) is 10.4. The van der Waals surface area contributed by atoms with E-state index in [0.717, 1.165) is 18.4 Å². The van der Waals surface area contributed by atoms with Gasteiger partial charge in [-0.3, -0.25) is 52.7 Å². The van der Waals surface area contributed by atoms with Crippen LogP contribution in [0, 0.1) is 71.0 Å². The van der Waals surface area contributed by atoms with E-state index in [4.69, 9.17) is 70.9 Å². The number of aliphatic hydroxyl groups excluding tert-OH is 2. The monoisotopic (exact) mass is 1190 g/mol. The van der Waals surface area contributed by atoms with E-state index in [0.29, 0.717) is 24.7 Å². The van der Waals surface area contributed by atoms with Crippen molar-refractivity contribution in [2.45, 2.75) is 163 Å². The van der Waals surface area contributed by atoms with Crippen LogP contribution in [-0.4, -0.2) is 153 Å². The predicted molar refractivity (Wildman–Crippen MR) is 302 cm³/mol. The highest BCUT2D eigenvalue weighted by atomic mass is 16.4. The van der Waals surface area contributed by atoms with Crippen molar-refractivity contribution in [3.63, 3.8) is 0 Å². The van der Waals surface area contributed by atoms with Gasteiger partial charge in [0.2, 0.25) is 6.41 Å². The maximum absolute atomic E-state index is 10.5. The minimum atomic E-state index is -0.958. The molecular weight excluding hydrogens is 1090 g/mol. The first-order valence-electron chi connectivity index (χ1n) is 26.0. The Morgan fingerprint density at radius 3 is 0.939 bits per heavy atom. The lowest BCUT2D eigenvalue weighted by atomic mass is 9.94. The van der Waals surface area contributed by atoms with Gasteiger partial charge in [0.05, 0.1) is 66.0 Å². The van der Waals surface area contributed by atoms with Crippen LogP contribution in [0.25, 0.3) is 0 Å². The van der Waals surface area contributed by atoms with Gasteiger partial charge in [0.1, 0.15) is 0 Å². The molecule has 0 bridgehead atoms. The summed E-state index contributed by atoms with van der Waals surface area (Å²) in [5.41, 5.74) is 1.08. The van der Waals surface area contributed by atoms with Crippen molar-refractivity contribution < 1.29 is 124 Å². The summed E-state index contributed by atoms with van der Waals surface area (Å²) in [5.74, 6) is -10.00. The normalized spacial score (nSPS) is 12.6. The number of rotatable bonds is 22. The number of carboxylic acid groups (broad SMARTS) is 10. The minimum Gasteiger partial charge on any atom is -0.481 e. The van der Waals surface area contributed by atoms with E-state index in [1.807, 2.05) is 71.9 Å². The zero-order valence-electron chi connectivity index (χ0n) is 51.4. The van der Waals surface area contributed by atoms with Crippen molar-refractivity contribution in [3.05, 3.63) is 35.9 Å². The van der Waals surface area contributed by atoms with E-state index in [1.165, 1.54) is 27.7 Å². The summed E-state index contributed by atoms with van der Waals surface area (Å²) in [6.45, 7) is 32.7. The summed E-state index contributed by atoms with van der Waals surface area (Å²) >= 11 is 0. The topological polar surface area (TPSA) is 477 Å². The Bertz CT molecular complexity index is 1840. The Morgan fingerprint density at radius 1 is 0.488 bits per heavy atom. The maximum Gasteiger partial charge on any atom is 0.373 e. The number of hydrogen-bond acceptors (Lipinski definition) is 15. The summed E-state index contributed by atoms with van der Waals surface area (Å²) < 4.78 is 0. The molecule has 1 aromatic rings. The van der Waals surface area contributed by atoms with Crippen LogP contribution in [0.15, 0.2) is 30.3 Å². The molecule has 0 heterocycles. The van der Waals surface area contributed by atoms with E-state index in [-0.39, 0.29) is 67.1 Å². The lowest BCUT2D eigenvalue weighted by Gasteiger charge is -2.11. The molecule has 0 aliphatic heterocycles. The van der Waals surface area contributed by atoms with Gasteiger partial charge >= 0.3 is 65.8 Å². The molecule has 0 fully saturated rings. The first-order chi connectivity index (χ1) is 37.3. The minimum absolute atomic E-state index is 0.190. The molecule has 0 spiro atoms. The lowest BCUT2D eigenvalue weighted by molar-refractivity contribution is -0.192. The van der Waals surface area contributed by atoms with Crippen LogP contribution in [0.2, 0.25) is 0 Å². The number of carboxylic acids is 10. The molecule has 9 unspecified atom stereocenters. The fourth-order valence-electron chi connectivity index (χ4n) is 3.34. The summed E-state index contributed by atoms with van der Waals surface area (Å²) in [4.78, 5) is 126. The van der Waals surface area contributed by atoms with Crippen LogP contribution in [0.5, 0.6) is 0 Å². The van der Waals surface area contributed by atoms with Crippen LogP contribution in [0.4, 0.5) is 0 Å². The Balaban J connectivity index is -0.0000000880. The summed E-state index contributed by atoms with van der Waals surface area (Å²) in [7, 11) is 0. The molecule has 13 N–H and O–H groups in total. The van der Waals surface area contributed by atoms with E-state index >= 15 is 0 Å². The molecule has 26 heteroatoms. The number of nitrogens with one attached hydrogen (secondary N) is 1. The van der Waals surface area contributed by atoms with Crippen LogP contribution in [0.1, 0.15) is 156 Å². The summed E-state index contributed by atoms with van der Waals surface area (Å²) in [6, 6.07) is 9.65. The molecule has 0 saturated heterocycles. The third kappa shape index (κ3) is 84.0. The van der Waals surface area contributed by atoms with Gasteiger partial charge in [0.15, 0.2) is 0 Å². The van der Waals surface area contributed by atoms with Crippen molar-refractivity contribution in [3.8, 4) is 0 Å². The van der Waals surface area contributed by atoms with E-state index in [1.54, 1.807) is 62.3 Å². The van der Waals surface area contributed by atoms with Gasteiger partial charge in [-0.2, -0.15) is 9.59 Å².